The van der Waals surface area contributed by atoms with Crippen molar-refractivity contribution in [3.63, 3.8) is 0 Å². The molecule has 0 aliphatic carbocycles. The van der Waals surface area contributed by atoms with E-state index in [1.165, 1.54) is 0 Å². The van der Waals surface area contributed by atoms with E-state index in [1.54, 1.807) is 0 Å². The number of carboxylic acid groups (broad SMARTS) is 1. The van der Waals surface area contributed by atoms with Crippen molar-refractivity contribution in [2.75, 3.05) is 13.2 Å². The Labute approximate surface area is 137 Å². The van der Waals surface area contributed by atoms with Crippen LogP contribution in [-0.2, 0) is 33.3 Å². The zero-order chi connectivity index (χ0) is 17.7. The summed E-state index contributed by atoms with van der Waals surface area (Å²) in [6, 6.07) is 0. The molecule has 2 N–H and O–H groups in total. The molecule has 9 heteroatoms. The number of allylic oxidation sites excluding steroid dienone is 1. The van der Waals surface area contributed by atoms with E-state index < -0.39 is 42.3 Å². The lowest BCUT2D eigenvalue weighted by Gasteiger charge is -2.16. The number of carbonyl (C=O) groups excluding carboxylic acids is 2. The van der Waals surface area contributed by atoms with Crippen molar-refractivity contribution in [1.82, 2.24) is 0 Å². The van der Waals surface area contributed by atoms with Gasteiger partial charge in [0.25, 0.3) is 0 Å². The van der Waals surface area contributed by atoms with Gasteiger partial charge in [-0.15, -0.1) is 0 Å². The van der Waals surface area contributed by atoms with Crippen molar-refractivity contribution in [3.8, 4) is 0 Å². The first kappa shape index (κ1) is 18.0. The van der Waals surface area contributed by atoms with Gasteiger partial charge in [-0.2, -0.15) is 0 Å². The Morgan fingerprint density at radius 1 is 1.00 bits per heavy atom. The smallest absolute Gasteiger partial charge is 0.331 e. The highest BCUT2D eigenvalue weighted by molar-refractivity contribution is 5.82. The van der Waals surface area contributed by atoms with Gasteiger partial charge in [0.1, 0.15) is 18.0 Å². The summed E-state index contributed by atoms with van der Waals surface area (Å²) in [5.41, 5.74) is 0. The third-order valence-electron chi connectivity index (χ3n) is 3.47. The average molecular weight is 342 g/mol. The molecule has 2 aliphatic heterocycles. The molecule has 0 bridgehead atoms. The van der Waals surface area contributed by atoms with Crippen molar-refractivity contribution in [3.05, 3.63) is 24.5 Å². The number of carbonyl (C=O) groups is 3. The van der Waals surface area contributed by atoms with Gasteiger partial charge in [0.2, 0.25) is 0 Å². The van der Waals surface area contributed by atoms with E-state index in [9.17, 15) is 14.4 Å². The number of hydrogen-bond acceptors (Lipinski definition) is 8. The summed E-state index contributed by atoms with van der Waals surface area (Å²) in [4.78, 5) is 33.6. The summed E-state index contributed by atoms with van der Waals surface area (Å²) in [6.07, 6.45) is -0.923. The second-order valence-corrected chi connectivity index (χ2v) is 5.32. The molecule has 0 aromatic heterocycles. The molecular formula is C15H18O9. The summed E-state index contributed by atoms with van der Waals surface area (Å²) in [6.45, 7) is 3.36. The van der Waals surface area contributed by atoms with Crippen molar-refractivity contribution in [1.29, 1.82) is 0 Å². The van der Waals surface area contributed by atoms with E-state index in [-0.39, 0.29) is 31.8 Å². The molecule has 2 aliphatic rings. The lowest BCUT2D eigenvalue weighted by Crippen LogP contribution is -2.35. The third-order valence-corrected chi connectivity index (χ3v) is 3.47. The standard InChI is InChI=1S/C15H18O9/c1-8(16)2-4-12(19)23-9-6-21-15-10(7-22-14(9)15)24-13(20)5-3-11(17)18/h2,4,9-10,14-16H,1,3,5-7H2,(H,17,18)/b4-2-/t9-,10-,14-,15-/m1/s1. The zero-order valence-electron chi connectivity index (χ0n) is 12.8. The maximum absolute atomic E-state index is 11.6. The summed E-state index contributed by atoms with van der Waals surface area (Å²) in [5.74, 6) is -2.71. The van der Waals surface area contributed by atoms with Crippen LogP contribution in [-0.4, -0.2) is 65.8 Å². The van der Waals surface area contributed by atoms with Crippen LogP contribution in [0.2, 0.25) is 0 Å². The predicted molar refractivity (Wildman–Crippen MR) is 77.0 cm³/mol. The highest BCUT2D eigenvalue weighted by atomic mass is 16.7. The Morgan fingerprint density at radius 2 is 1.58 bits per heavy atom. The van der Waals surface area contributed by atoms with Crippen LogP contribution in [0.25, 0.3) is 0 Å². The van der Waals surface area contributed by atoms with Gasteiger partial charge < -0.3 is 29.2 Å². The first-order valence-electron chi connectivity index (χ1n) is 7.28. The molecule has 2 rings (SSSR count). The van der Waals surface area contributed by atoms with Crippen molar-refractivity contribution < 1.29 is 43.5 Å². The molecule has 0 radical (unpaired) electrons. The minimum Gasteiger partial charge on any atom is -0.509 e. The topological polar surface area (TPSA) is 129 Å². The van der Waals surface area contributed by atoms with Gasteiger partial charge in [-0.25, -0.2) is 4.79 Å². The quantitative estimate of drug-likeness (QED) is 0.286. The summed E-state index contributed by atoms with van der Waals surface area (Å²) in [5, 5.41) is 17.4. The van der Waals surface area contributed by atoms with Crippen LogP contribution in [0.4, 0.5) is 0 Å². The fourth-order valence-electron chi connectivity index (χ4n) is 2.42. The summed E-state index contributed by atoms with van der Waals surface area (Å²) < 4.78 is 21.3. The van der Waals surface area contributed by atoms with Crippen LogP contribution in [0.15, 0.2) is 24.5 Å². The van der Waals surface area contributed by atoms with Crippen LogP contribution in [0.5, 0.6) is 0 Å². The van der Waals surface area contributed by atoms with Gasteiger partial charge in [-0.3, -0.25) is 9.59 Å². The fraction of sp³-hybridized carbons (Fsp3) is 0.533. The molecule has 4 atom stereocenters. The minimum absolute atomic E-state index is 0.0749. The van der Waals surface area contributed by atoms with Gasteiger partial charge >= 0.3 is 17.9 Å². The Bertz CT molecular complexity index is 553. The fourth-order valence-corrected chi connectivity index (χ4v) is 2.42. The number of aliphatic hydroxyl groups excluding tert-OH is 1. The molecule has 0 aromatic rings. The molecule has 9 nitrogen and oxygen atoms in total. The second kappa shape index (κ2) is 7.93. The molecule has 0 unspecified atom stereocenters. The Hall–Kier alpha value is -2.39. The van der Waals surface area contributed by atoms with Crippen molar-refractivity contribution in [2.24, 2.45) is 0 Å². The van der Waals surface area contributed by atoms with E-state index in [1.807, 2.05) is 0 Å². The lowest BCUT2D eigenvalue weighted by atomic mass is 10.1. The molecule has 0 saturated carbocycles. The van der Waals surface area contributed by atoms with Gasteiger partial charge in [0.15, 0.2) is 12.2 Å². The maximum Gasteiger partial charge on any atom is 0.331 e. The van der Waals surface area contributed by atoms with E-state index in [2.05, 4.69) is 6.58 Å². The Morgan fingerprint density at radius 3 is 2.12 bits per heavy atom. The van der Waals surface area contributed by atoms with Gasteiger partial charge in [-0.05, 0) is 6.08 Å². The lowest BCUT2D eigenvalue weighted by molar-refractivity contribution is -0.156. The van der Waals surface area contributed by atoms with Gasteiger partial charge in [0, 0.05) is 6.08 Å². The maximum atomic E-state index is 11.6. The number of aliphatic carboxylic acids is 1. The van der Waals surface area contributed by atoms with E-state index in [4.69, 9.17) is 29.2 Å². The molecule has 2 heterocycles. The molecule has 132 valence electrons. The highest BCUT2D eigenvalue weighted by Crippen LogP contribution is 2.30. The molecule has 0 spiro atoms. The Balaban J connectivity index is 1.83. The molecule has 0 aromatic carbocycles. The monoisotopic (exact) mass is 342 g/mol. The Kier molecular flexibility index (Phi) is 5.93. The van der Waals surface area contributed by atoms with Crippen LogP contribution >= 0.6 is 0 Å². The van der Waals surface area contributed by atoms with Gasteiger partial charge in [0.05, 0.1) is 26.1 Å². The SMILES string of the molecule is C=C(O)/C=C\C(=O)O[C@@H]1CO[C@H]2[C@@H]1OC[C@H]2OC(=O)CCC(=O)O. The van der Waals surface area contributed by atoms with Crippen molar-refractivity contribution >= 4 is 17.9 Å². The summed E-state index contributed by atoms with van der Waals surface area (Å²) in [7, 11) is 0. The van der Waals surface area contributed by atoms with Crippen LogP contribution in [0.3, 0.4) is 0 Å². The molecule has 2 fully saturated rings. The zero-order valence-corrected chi connectivity index (χ0v) is 12.8. The molecule has 24 heavy (non-hydrogen) atoms. The number of fused-ring (bicyclic) bond motifs is 1. The minimum atomic E-state index is -1.09. The first-order valence-corrected chi connectivity index (χ1v) is 7.28. The molecule has 0 amide bonds. The number of carboxylic acids is 1. The largest absolute Gasteiger partial charge is 0.509 e. The number of esters is 2. The van der Waals surface area contributed by atoms with Crippen molar-refractivity contribution in [2.45, 2.75) is 37.3 Å². The van der Waals surface area contributed by atoms with Gasteiger partial charge in [-0.1, -0.05) is 6.58 Å². The number of hydrogen-bond donors (Lipinski definition) is 2. The van der Waals surface area contributed by atoms with E-state index >= 15 is 0 Å². The van der Waals surface area contributed by atoms with Crippen LogP contribution < -0.4 is 0 Å². The highest BCUT2D eigenvalue weighted by Gasteiger charge is 2.51. The molecule has 2 saturated heterocycles. The van der Waals surface area contributed by atoms with E-state index in [0.717, 1.165) is 12.2 Å². The first-order chi connectivity index (χ1) is 11.4. The van der Waals surface area contributed by atoms with E-state index in [0.29, 0.717) is 0 Å². The third kappa shape index (κ3) is 4.80. The number of aliphatic hydroxyl groups is 1. The predicted octanol–water partition coefficient (Wildman–Crippen LogP) is 0.100. The second-order valence-electron chi connectivity index (χ2n) is 5.32. The normalized spacial score (nSPS) is 28.5. The van der Waals surface area contributed by atoms with Crippen LogP contribution in [0.1, 0.15) is 12.8 Å². The van der Waals surface area contributed by atoms with Crippen LogP contribution in [0, 0.1) is 0 Å². The number of ether oxygens (including phenoxy) is 4. The number of rotatable bonds is 7. The average Bonchev–Trinajstić information content (AvgIpc) is 3.07. The summed E-state index contributed by atoms with van der Waals surface area (Å²) >= 11 is 0. The molecular weight excluding hydrogens is 324 g/mol.